The molecule has 4 rings (SSSR count). The van der Waals surface area contributed by atoms with Crippen molar-refractivity contribution in [2.24, 2.45) is 11.8 Å². The standard InChI is InChI=1S/C41H52N6O5/c1-40(2,3)31-27(19-42)33(46-23-25-15-11-9-12-16-25)29(21-44)35(37(31)49-7)51-39(48)52-36-30(22-45)34(47-24-26-17-13-10-14-18-26)28(20-43)32(38(36)50-8)41(4,5)6/h25-26,46-47H,9-18,23-24H2,1-8H3. The lowest BCUT2D eigenvalue weighted by Crippen LogP contribution is -2.24. The summed E-state index contributed by atoms with van der Waals surface area (Å²) in [5.74, 6) is 0.433. The van der Waals surface area contributed by atoms with Crippen LogP contribution in [0.4, 0.5) is 16.2 Å². The molecule has 2 aliphatic rings. The molecule has 11 heteroatoms. The average molecular weight is 709 g/mol. The van der Waals surface area contributed by atoms with E-state index in [9.17, 15) is 25.8 Å². The highest BCUT2D eigenvalue weighted by Gasteiger charge is 2.37. The van der Waals surface area contributed by atoms with Crippen molar-refractivity contribution in [2.75, 3.05) is 37.9 Å². The molecule has 0 unspecified atom stereocenters. The quantitative estimate of drug-likeness (QED) is 0.178. The number of nitrogens with one attached hydrogen (secondary N) is 2. The van der Waals surface area contributed by atoms with Crippen LogP contribution in [0.25, 0.3) is 0 Å². The van der Waals surface area contributed by atoms with Gasteiger partial charge in [-0.1, -0.05) is 80.1 Å². The molecular formula is C41H52N6O5. The summed E-state index contributed by atoms with van der Waals surface area (Å²) < 4.78 is 23.4. The van der Waals surface area contributed by atoms with Crippen LogP contribution in [0.15, 0.2) is 0 Å². The predicted molar refractivity (Wildman–Crippen MR) is 199 cm³/mol. The van der Waals surface area contributed by atoms with E-state index >= 15 is 0 Å². The molecule has 2 aromatic carbocycles. The number of rotatable bonds is 10. The van der Waals surface area contributed by atoms with Gasteiger partial charge in [0.25, 0.3) is 0 Å². The Labute approximate surface area is 308 Å². The lowest BCUT2D eigenvalue weighted by Gasteiger charge is -2.29. The second kappa shape index (κ2) is 16.9. The molecule has 276 valence electrons. The number of benzene rings is 2. The van der Waals surface area contributed by atoms with Crippen LogP contribution >= 0.6 is 0 Å². The minimum absolute atomic E-state index is 0.0540. The number of carbonyl (C=O) groups is 1. The highest BCUT2D eigenvalue weighted by Crippen LogP contribution is 2.50. The number of nitrogens with zero attached hydrogens (tertiary/aromatic N) is 4. The van der Waals surface area contributed by atoms with Crippen molar-refractivity contribution in [3.8, 4) is 47.3 Å². The van der Waals surface area contributed by atoms with Crippen molar-refractivity contribution >= 4 is 17.5 Å². The van der Waals surface area contributed by atoms with Crippen LogP contribution in [0, 0.1) is 57.2 Å². The first-order valence-corrected chi connectivity index (χ1v) is 18.3. The van der Waals surface area contributed by atoms with Gasteiger partial charge in [0, 0.05) is 24.2 Å². The smallest absolute Gasteiger partial charge is 0.492 e. The van der Waals surface area contributed by atoms with Gasteiger partial charge in [-0.25, -0.2) is 4.79 Å². The number of methoxy groups -OCH3 is 2. The molecule has 2 aromatic rings. The molecule has 2 saturated carbocycles. The first-order valence-electron chi connectivity index (χ1n) is 18.3. The van der Waals surface area contributed by atoms with Gasteiger partial charge in [0.2, 0.25) is 0 Å². The summed E-state index contributed by atoms with van der Waals surface area (Å²) in [5, 5.41) is 48.7. The maximum atomic E-state index is 14.0. The van der Waals surface area contributed by atoms with E-state index in [1.807, 2.05) is 41.5 Å². The maximum absolute atomic E-state index is 14.0. The molecule has 0 aromatic heterocycles. The maximum Gasteiger partial charge on any atom is 0.519 e. The van der Waals surface area contributed by atoms with E-state index in [1.54, 1.807) is 0 Å². The molecule has 11 nitrogen and oxygen atoms in total. The molecule has 2 N–H and O–H groups in total. The van der Waals surface area contributed by atoms with E-state index < -0.39 is 17.0 Å². The van der Waals surface area contributed by atoms with E-state index in [0.29, 0.717) is 36.1 Å². The zero-order chi connectivity index (χ0) is 38.2. The van der Waals surface area contributed by atoms with Gasteiger partial charge in [-0.2, -0.15) is 21.0 Å². The van der Waals surface area contributed by atoms with Crippen molar-refractivity contribution in [1.29, 1.82) is 21.0 Å². The first kappa shape index (κ1) is 39.7. The second-order valence-electron chi connectivity index (χ2n) is 15.9. The van der Waals surface area contributed by atoms with E-state index in [1.165, 1.54) is 27.1 Å². The van der Waals surface area contributed by atoms with Gasteiger partial charge >= 0.3 is 6.16 Å². The van der Waals surface area contributed by atoms with Gasteiger partial charge in [0.05, 0.1) is 36.7 Å². The first-order chi connectivity index (χ1) is 24.7. The number of nitriles is 4. The molecule has 0 bridgehead atoms. The molecule has 0 saturated heterocycles. The number of hydrogen-bond acceptors (Lipinski definition) is 11. The van der Waals surface area contributed by atoms with Crippen LogP contribution < -0.4 is 29.6 Å². The molecule has 2 aliphatic carbocycles. The fraction of sp³-hybridized carbons (Fsp3) is 0.585. The van der Waals surface area contributed by atoms with Crippen LogP contribution in [0.3, 0.4) is 0 Å². The zero-order valence-corrected chi connectivity index (χ0v) is 32.0. The zero-order valence-electron chi connectivity index (χ0n) is 32.0. The largest absolute Gasteiger partial charge is 0.519 e. The minimum atomic E-state index is -1.25. The molecule has 0 spiro atoms. The molecule has 0 aliphatic heterocycles. The highest BCUT2D eigenvalue weighted by atomic mass is 16.7. The van der Waals surface area contributed by atoms with Gasteiger partial charge < -0.3 is 29.6 Å². The Hall–Kier alpha value is -5.13. The lowest BCUT2D eigenvalue weighted by atomic mass is 9.81. The van der Waals surface area contributed by atoms with Gasteiger partial charge in [0.15, 0.2) is 23.0 Å². The number of anilines is 2. The Morgan fingerprint density at radius 2 is 0.904 bits per heavy atom. The molecular weight excluding hydrogens is 656 g/mol. The summed E-state index contributed by atoms with van der Waals surface area (Å²) in [6.07, 6.45) is 9.76. The summed E-state index contributed by atoms with van der Waals surface area (Å²) in [7, 11) is 2.77. The van der Waals surface area contributed by atoms with Crippen molar-refractivity contribution in [3.05, 3.63) is 33.4 Å². The number of hydrogen-bond donors (Lipinski definition) is 2. The van der Waals surface area contributed by atoms with Crippen LogP contribution in [0.5, 0.6) is 23.0 Å². The van der Waals surface area contributed by atoms with Gasteiger partial charge in [0.1, 0.15) is 35.4 Å². The van der Waals surface area contributed by atoms with Crippen LogP contribution in [-0.2, 0) is 10.8 Å². The molecule has 52 heavy (non-hydrogen) atoms. The fourth-order valence-corrected chi connectivity index (χ4v) is 7.68. The Balaban J connectivity index is 1.87. The predicted octanol–water partition coefficient (Wildman–Crippen LogP) is 9.35. The van der Waals surface area contributed by atoms with Crippen LogP contribution in [0.1, 0.15) is 139 Å². The second-order valence-corrected chi connectivity index (χ2v) is 15.9. The monoisotopic (exact) mass is 708 g/mol. The Kier molecular flexibility index (Phi) is 12.9. The molecule has 0 radical (unpaired) electrons. The van der Waals surface area contributed by atoms with E-state index in [0.717, 1.165) is 51.4 Å². The average Bonchev–Trinajstić information content (AvgIpc) is 3.12. The van der Waals surface area contributed by atoms with Gasteiger partial charge in [-0.05, 0) is 48.3 Å². The third-order valence-corrected chi connectivity index (χ3v) is 10.1. The summed E-state index contributed by atoms with van der Waals surface area (Å²) >= 11 is 0. The third kappa shape index (κ3) is 8.49. The normalized spacial score (nSPS) is 15.3. The van der Waals surface area contributed by atoms with Crippen LogP contribution in [0.2, 0.25) is 0 Å². The van der Waals surface area contributed by atoms with E-state index in [4.69, 9.17) is 18.9 Å². The summed E-state index contributed by atoms with van der Waals surface area (Å²) in [6.45, 7) is 12.5. The minimum Gasteiger partial charge on any atom is -0.492 e. The fourth-order valence-electron chi connectivity index (χ4n) is 7.68. The summed E-state index contributed by atoms with van der Waals surface area (Å²) in [4.78, 5) is 14.0. The van der Waals surface area contributed by atoms with Crippen molar-refractivity contribution < 1.29 is 23.7 Å². The lowest BCUT2D eigenvalue weighted by molar-refractivity contribution is 0.148. The van der Waals surface area contributed by atoms with E-state index in [-0.39, 0.29) is 56.6 Å². The van der Waals surface area contributed by atoms with E-state index in [2.05, 4.69) is 34.9 Å². The molecule has 0 heterocycles. The SMILES string of the molecule is COc1c(OC(=O)Oc2c(C#N)c(NCC3CCCCC3)c(C#N)c(C(C)(C)C)c2OC)c(C#N)c(NCC2CCCCC2)c(C#N)c1C(C)(C)C. The Bertz CT molecular complexity index is 1680. The molecule has 0 amide bonds. The van der Waals surface area contributed by atoms with Crippen molar-refractivity contribution in [3.63, 3.8) is 0 Å². The number of carbonyl (C=O) groups excluding carboxylic acids is 1. The highest BCUT2D eigenvalue weighted by molar-refractivity contribution is 5.84. The Morgan fingerprint density at radius 1 is 0.577 bits per heavy atom. The molecule has 2 fully saturated rings. The third-order valence-electron chi connectivity index (χ3n) is 10.1. The van der Waals surface area contributed by atoms with Crippen LogP contribution in [-0.4, -0.2) is 33.5 Å². The van der Waals surface area contributed by atoms with Gasteiger partial charge in [-0.3, -0.25) is 0 Å². The molecule has 0 atom stereocenters. The topological polar surface area (TPSA) is 173 Å². The number of ether oxygens (including phenoxy) is 4. The van der Waals surface area contributed by atoms with Crippen molar-refractivity contribution in [2.45, 2.75) is 117 Å². The van der Waals surface area contributed by atoms with Crippen molar-refractivity contribution in [1.82, 2.24) is 0 Å². The van der Waals surface area contributed by atoms with Gasteiger partial charge in [-0.15, -0.1) is 0 Å². The summed E-state index contributed by atoms with van der Waals surface area (Å²) in [5.41, 5.74) is 0.439. The Morgan fingerprint density at radius 3 is 1.17 bits per heavy atom. The summed E-state index contributed by atoms with van der Waals surface area (Å²) in [6, 6.07) is 8.85.